The second-order valence-electron chi connectivity index (χ2n) is 6.05. The minimum atomic E-state index is -5.19. The first kappa shape index (κ1) is 21.1. The van der Waals surface area contributed by atoms with Crippen molar-refractivity contribution in [3.63, 3.8) is 0 Å². The Morgan fingerprint density at radius 2 is 1.96 bits per heavy atom. The molecule has 0 fully saturated rings. The summed E-state index contributed by atoms with van der Waals surface area (Å²) in [5, 5.41) is 18.9. The number of nitrogens with zero attached hydrogens (tertiary/aromatic N) is 1. The third kappa shape index (κ3) is 4.76. The van der Waals surface area contributed by atoms with Crippen LogP contribution in [0.1, 0.15) is 18.7 Å². The van der Waals surface area contributed by atoms with Crippen molar-refractivity contribution >= 4 is 26.8 Å². The van der Waals surface area contributed by atoms with Crippen molar-refractivity contribution in [3.8, 4) is 0 Å². The van der Waals surface area contributed by atoms with Crippen molar-refractivity contribution in [1.29, 1.82) is 4.78 Å². The normalized spacial score (nSPS) is 18.0. The molecular weight excluding hydrogens is 391 g/mol. The summed E-state index contributed by atoms with van der Waals surface area (Å²) in [6.07, 6.45) is -6.67. The zero-order chi connectivity index (χ0) is 20.5. The average molecular weight is 409 g/mol. The monoisotopic (exact) mass is 409 g/mol. The number of nitrogens with two attached hydrogens (primary N) is 1. The van der Waals surface area contributed by atoms with Gasteiger partial charge in [0.2, 0.25) is 11.5 Å². The van der Waals surface area contributed by atoms with E-state index >= 15 is 0 Å². The topological polar surface area (TPSA) is 150 Å². The highest BCUT2D eigenvalue weighted by molar-refractivity contribution is 7.92. The van der Waals surface area contributed by atoms with Crippen molar-refractivity contribution < 1.29 is 36.8 Å². The van der Waals surface area contributed by atoms with Gasteiger partial charge in [-0.1, -0.05) is 12.1 Å². The maximum absolute atomic E-state index is 13.5. The molecule has 5 N–H and O–H groups in total. The Balaban J connectivity index is 2.23. The van der Waals surface area contributed by atoms with Crippen molar-refractivity contribution in [2.24, 2.45) is 5.73 Å². The first-order valence-electron chi connectivity index (χ1n) is 7.73. The van der Waals surface area contributed by atoms with Crippen LogP contribution in [0.4, 0.5) is 13.2 Å². The fourth-order valence-corrected chi connectivity index (χ4v) is 3.74. The standard InChI is InChI=1S/C15H18F3N3O5S/c16-15(17,18)14(24,13-21-10-3-1-2-4-11(10)26-13)6-8-27(20,25)7-5-9(19)12(22)23/h1-4,9,20,24H,5-8,19H2,(H,22,23)/t9-,14?,27?/m0/s1. The predicted octanol–water partition coefficient (Wildman–Crippen LogP) is 1.82. The van der Waals surface area contributed by atoms with Gasteiger partial charge in [0.1, 0.15) is 11.6 Å². The van der Waals surface area contributed by atoms with E-state index in [9.17, 15) is 27.3 Å². The molecule has 2 unspecified atom stereocenters. The Labute approximate surface area is 152 Å². The van der Waals surface area contributed by atoms with Crippen LogP contribution in [0.3, 0.4) is 0 Å². The smallest absolute Gasteiger partial charge is 0.426 e. The molecule has 0 aliphatic heterocycles. The second kappa shape index (κ2) is 7.44. The number of hydrogen-bond donors (Lipinski definition) is 4. The average Bonchev–Trinajstić information content (AvgIpc) is 3.01. The summed E-state index contributed by atoms with van der Waals surface area (Å²) in [6, 6.07) is 4.45. The van der Waals surface area contributed by atoms with Crippen LogP contribution in [0.25, 0.3) is 11.1 Å². The first-order valence-corrected chi connectivity index (χ1v) is 9.63. The zero-order valence-corrected chi connectivity index (χ0v) is 14.7. The Morgan fingerprint density at radius 3 is 2.52 bits per heavy atom. The van der Waals surface area contributed by atoms with Gasteiger partial charge in [-0.25, -0.2) is 9.19 Å². The third-order valence-corrected chi connectivity index (χ3v) is 5.74. The number of aliphatic hydroxyl groups is 1. The fourth-order valence-electron chi connectivity index (χ4n) is 2.27. The van der Waals surface area contributed by atoms with E-state index in [1.807, 2.05) is 0 Å². The number of aliphatic carboxylic acids is 1. The number of carboxylic acid groups (broad SMARTS) is 1. The number of fused-ring (bicyclic) bond motifs is 1. The predicted molar refractivity (Wildman–Crippen MR) is 89.4 cm³/mol. The lowest BCUT2D eigenvalue weighted by atomic mass is 10.0. The lowest BCUT2D eigenvalue weighted by Crippen LogP contribution is -2.44. The summed E-state index contributed by atoms with van der Waals surface area (Å²) in [4.78, 5) is 14.3. The van der Waals surface area contributed by atoms with E-state index in [0.717, 1.165) is 0 Å². The van der Waals surface area contributed by atoms with Gasteiger partial charge in [-0.2, -0.15) is 13.2 Å². The van der Waals surface area contributed by atoms with Gasteiger partial charge in [0.25, 0.3) is 0 Å². The summed E-state index contributed by atoms with van der Waals surface area (Å²) in [5.74, 6) is -3.73. The molecule has 0 saturated carbocycles. The van der Waals surface area contributed by atoms with Gasteiger partial charge in [0, 0.05) is 27.7 Å². The van der Waals surface area contributed by atoms with E-state index in [0.29, 0.717) is 0 Å². The van der Waals surface area contributed by atoms with E-state index in [2.05, 4.69) is 4.98 Å². The summed E-state index contributed by atoms with van der Waals surface area (Å²) in [7, 11) is -3.61. The minimum absolute atomic E-state index is 0.0363. The molecule has 1 aromatic heterocycles. The maximum atomic E-state index is 13.5. The zero-order valence-electron chi connectivity index (χ0n) is 13.9. The molecule has 2 aromatic rings. The number of hydrogen-bond acceptors (Lipinski definition) is 7. The van der Waals surface area contributed by atoms with Crippen LogP contribution < -0.4 is 5.73 Å². The summed E-state index contributed by atoms with van der Waals surface area (Å²) in [5.41, 5.74) is 1.85. The number of halogens is 3. The Bertz CT molecular complexity index is 895. The van der Waals surface area contributed by atoms with Gasteiger partial charge in [-0.3, -0.25) is 9.57 Å². The van der Waals surface area contributed by atoms with Crippen LogP contribution in [-0.4, -0.2) is 49.1 Å². The van der Waals surface area contributed by atoms with Gasteiger partial charge in [0.15, 0.2) is 5.58 Å². The molecule has 0 aliphatic carbocycles. The first-order chi connectivity index (χ1) is 12.4. The molecule has 8 nitrogen and oxygen atoms in total. The number of nitrogens with one attached hydrogen (secondary N) is 1. The molecule has 12 heteroatoms. The summed E-state index contributed by atoms with van der Waals surface area (Å²) in [6.45, 7) is 0. The summed E-state index contributed by atoms with van der Waals surface area (Å²) < 4.78 is 65.4. The van der Waals surface area contributed by atoms with Crippen molar-refractivity contribution in [3.05, 3.63) is 30.2 Å². The number of carboxylic acids is 1. The Morgan fingerprint density at radius 1 is 1.33 bits per heavy atom. The van der Waals surface area contributed by atoms with Gasteiger partial charge in [-0.15, -0.1) is 0 Å². The summed E-state index contributed by atoms with van der Waals surface area (Å²) >= 11 is 0. The Kier molecular flexibility index (Phi) is 5.82. The Hall–Kier alpha value is -2.18. The molecule has 0 saturated heterocycles. The minimum Gasteiger partial charge on any atom is -0.480 e. The van der Waals surface area contributed by atoms with Crippen molar-refractivity contribution in [1.82, 2.24) is 4.98 Å². The molecule has 0 bridgehead atoms. The van der Waals surface area contributed by atoms with Crippen LogP contribution in [0.5, 0.6) is 0 Å². The quantitative estimate of drug-likeness (QED) is 0.519. The number of oxazole rings is 1. The highest BCUT2D eigenvalue weighted by atomic mass is 32.2. The number of para-hydroxylation sites is 2. The number of rotatable bonds is 8. The van der Waals surface area contributed by atoms with E-state index in [-0.39, 0.29) is 17.5 Å². The molecule has 1 heterocycles. The van der Waals surface area contributed by atoms with Crippen LogP contribution in [-0.2, 0) is 20.1 Å². The lowest BCUT2D eigenvalue weighted by molar-refractivity contribution is -0.274. The number of alkyl halides is 3. The third-order valence-electron chi connectivity index (χ3n) is 3.99. The van der Waals surface area contributed by atoms with E-state index in [1.54, 1.807) is 0 Å². The van der Waals surface area contributed by atoms with Crippen LogP contribution >= 0.6 is 0 Å². The van der Waals surface area contributed by atoms with Gasteiger partial charge in [-0.05, 0) is 18.6 Å². The van der Waals surface area contributed by atoms with Crippen LogP contribution in [0, 0.1) is 4.78 Å². The number of benzene rings is 1. The van der Waals surface area contributed by atoms with Gasteiger partial charge < -0.3 is 20.4 Å². The number of carbonyl (C=O) groups is 1. The van der Waals surface area contributed by atoms with Gasteiger partial charge >= 0.3 is 12.1 Å². The molecule has 0 aliphatic rings. The molecule has 27 heavy (non-hydrogen) atoms. The lowest BCUT2D eigenvalue weighted by Gasteiger charge is -2.27. The van der Waals surface area contributed by atoms with E-state index in [4.69, 9.17) is 20.0 Å². The van der Waals surface area contributed by atoms with Gasteiger partial charge in [0.05, 0.1) is 0 Å². The molecule has 0 spiro atoms. The van der Waals surface area contributed by atoms with Crippen molar-refractivity contribution in [2.75, 3.05) is 11.5 Å². The highest BCUT2D eigenvalue weighted by Crippen LogP contribution is 2.42. The van der Waals surface area contributed by atoms with E-state index < -0.39 is 57.3 Å². The molecule has 0 radical (unpaired) electrons. The molecule has 0 amide bonds. The highest BCUT2D eigenvalue weighted by Gasteiger charge is 2.58. The maximum Gasteiger partial charge on any atom is 0.426 e. The molecule has 2 rings (SSSR count). The number of aromatic nitrogens is 1. The molecule has 150 valence electrons. The van der Waals surface area contributed by atoms with Crippen LogP contribution in [0.15, 0.2) is 28.7 Å². The van der Waals surface area contributed by atoms with E-state index in [1.165, 1.54) is 24.3 Å². The SMILES string of the molecule is N=S(=O)(CC[C@H](N)C(=O)O)CCC(O)(c1nc2ccccc2o1)C(F)(F)F. The second-order valence-corrected chi connectivity index (χ2v) is 8.49. The molecular formula is C15H18F3N3O5S. The largest absolute Gasteiger partial charge is 0.480 e. The molecule has 3 atom stereocenters. The fraction of sp³-hybridized carbons (Fsp3) is 0.467. The van der Waals surface area contributed by atoms with Crippen LogP contribution in [0.2, 0.25) is 0 Å². The molecule has 1 aromatic carbocycles. The van der Waals surface area contributed by atoms with Crippen molar-refractivity contribution in [2.45, 2.75) is 30.7 Å².